The first kappa shape index (κ1) is 17.5. The SMILES string of the molecule is COc1ccc(-n2nc(C(=O)Nc3ccc(N(C)C)cc3)cc2C)cc1. The van der Waals surface area contributed by atoms with Gasteiger partial charge in [0.05, 0.1) is 12.8 Å². The van der Waals surface area contributed by atoms with E-state index < -0.39 is 0 Å². The van der Waals surface area contributed by atoms with Crippen molar-refractivity contribution in [3.8, 4) is 11.4 Å². The second-order valence-corrected chi connectivity index (χ2v) is 6.18. The van der Waals surface area contributed by atoms with E-state index in [-0.39, 0.29) is 5.91 Å². The lowest BCUT2D eigenvalue weighted by atomic mass is 10.2. The maximum atomic E-state index is 12.5. The number of hydrogen-bond acceptors (Lipinski definition) is 4. The molecule has 0 saturated carbocycles. The highest BCUT2D eigenvalue weighted by Gasteiger charge is 2.14. The van der Waals surface area contributed by atoms with Gasteiger partial charge in [-0.25, -0.2) is 4.68 Å². The summed E-state index contributed by atoms with van der Waals surface area (Å²) in [5.74, 6) is 0.538. The first-order valence-corrected chi connectivity index (χ1v) is 8.28. The van der Waals surface area contributed by atoms with E-state index in [9.17, 15) is 4.79 Å². The summed E-state index contributed by atoms with van der Waals surface area (Å²) >= 11 is 0. The van der Waals surface area contributed by atoms with Gasteiger partial charge in [-0.05, 0) is 61.5 Å². The normalized spacial score (nSPS) is 10.5. The number of anilines is 2. The highest BCUT2D eigenvalue weighted by atomic mass is 16.5. The molecule has 6 nitrogen and oxygen atoms in total. The molecule has 1 aromatic heterocycles. The Balaban J connectivity index is 1.77. The zero-order valence-corrected chi connectivity index (χ0v) is 15.4. The topological polar surface area (TPSA) is 59.4 Å². The molecule has 0 radical (unpaired) electrons. The van der Waals surface area contributed by atoms with Crippen LogP contribution in [0.4, 0.5) is 11.4 Å². The molecule has 0 atom stereocenters. The Morgan fingerprint density at radius 2 is 1.73 bits per heavy atom. The van der Waals surface area contributed by atoms with Crippen LogP contribution in [0.25, 0.3) is 5.69 Å². The van der Waals surface area contributed by atoms with E-state index >= 15 is 0 Å². The molecule has 134 valence electrons. The second-order valence-electron chi connectivity index (χ2n) is 6.18. The number of carbonyl (C=O) groups excluding carboxylic acids is 1. The summed E-state index contributed by atoms with van der Waals surface area (Å²) in [4.78, 5) is 14.5. The Hall–Kier alpha value is -3.28. The van der Waals surface area contributed by atoms with Crippen LogP contribution < -0.4 is 15.0 Å². The molecule has 0 unspecified atom stereocenters. The van der Waals surface area contributed by atoms with Gasteiger partial charge in [-0.1, -0.05) is 0 Å². The zero-order chi connectivity index (χ0) is 18.7. The van der Waals surface area contributed by atoms with Crippen LogP contribution >= 0.6 is 0 Å². The number of benzene rings is 2. The van der Waals surface area contributed by atoms with Crippen molar-refractivity contribution in [1.82, 2.24) is 9.78 Å². The van der Waals surface area contributed by atoms with Crippen molar-refractivity contribution >= 4 is 17.3 Å². The van der Waals surface area contributed by atoms with Crippen LogP contribution in [0.5, 0.6) is 5.75 Å². The fourth-order valence-corrected chi connectivity index (χ4v) is 2.61. The molecule has 3 rings (SSSR count). The van der Waals surface area contributed by atoms with Gasteiger partial charge in [-0.15, -0.1) is 0 Å². The molecule has 0 saturated heterocycles. The zero-order valence-electron chi connectivity index (χ0n) is 15.4. The number of rotatable bonds is 5. The lowest BCUT2D eigenvalue weighted by molar-refractivity contribution is 0.102. The highest BCUT2D eigenvalue weighted by Crippen LogP contribution is 2.19. The van der Waals surface area contributed by atoms with E-state index in [1.165, 1.54) is 0 Å². The second kappa shape index (κ2) is 7.31. The number of ether oxygens (including phenoxy) is 1. The van der Waals surface area contributed by atoms with Gasteiger partial charge in [0.25, 0.3) is 5.91 Å². The molecule has 26 heavy (non-hydrogen) atoms. The summed E-state index contributed by atoms with van der Waals surface area (Å²) in [6, 6.07) is 17.0. The minimum atomic E-state index is -0.238. The molecule has 0 aliphatic rings. The smallest absolute Gasteiger partial charge is 0.276 e. The van der Waals surface area contributed by atoms with Gasteiger partial charge in [-0.3, -0.25) is 4.79 Å². The van der Waals surface area contributed by atoms with Crippen LogP contribution in [0.3, 0.4) is 0 Å². The van der Waals surface area contributed by atoms with Gasteiger partial charge in [-0.2, -0.15) is 5.10 Å². The maximum Gasteiger partial charge on any atom is 0.276 e. The van der Waals surface area contributed by atoms with Crippen LogP contribution in [-0.2, 0) is 0 Å². The minimum absolute atomic E-state index is 0.238. The standard InChI is InChI=1S/C20H22N4O2/c1-14-13-19(22-24(14)17-9-11-18(26-4)12-10-17)20(25)21-15-5-7-16(8-6-15)23(2)3/h5-13H,1-4H3,(H,21,25). The Morgan fingerprint density at radius 3 is 2.31 bits per heavy atom. The number of nitrogens with zero attached hydrogens (tertiary/aromatic N) is 3. The van der Waals surface area contributed by atoms with E-state index in [0.717, 1.165) is 28.5 Å². The van der Waals surface area contributed by atoms with Gasteiger partial charge >= 0.3 is 0 Å². The third-order valence-corrected chi connectivity index (χ3v) is 4.08. The molecular weight excluding hydrogens is 328 g/mol. The number of carbonyl (C=O) groups is 1. The lowest BCUT2D eigenvalue weighted by Crippen LogP contribution is -2.13. The monoisotopic (exact) mass is 350 g/mol. The number of amides is 1. The van der Waals surface area contributed by atoms with Gasteiger partial charge in [0.2, 0.25) is 0 Å². The molecule has 3 aromatic rings. The first-order chi connectivity index (χ1) is 12.5. The Labute approximate surface area is 153 Å². The fourth-order valence-electron chi connectivity index (χ4n) is 2.61. The third-order valence-electron chi connectivity index (χ3n) is 4.08. The molecule has 0 aliphatic carbocycles. The van der Waals surface area contributed by atoms with Crippen molar-refractivity contribution in [3.05, 3.63) is 66.0 Å². The molecule has 1 amide bonds. The van der Waals surface area contributed by atoms with Crippen molar-refractivity contribution in [2.45, 2.75) is 6.92 Å². The van der Waals surface area contributed by atoms with Gasteiger partial charge in [0.1, 0.15) is 5.75 Å². The molecule has 2 aromatic carbocycles. The van der Waals surface area contributed by atoms with E-state index in [1.54, 1.807) is 17.9 Å². The summed E-state index contributed by atoms with van der Waals surface area (Å²) in [6.45, 7) is 1.92. The van der Waals surface area contributed by atoms with E-state index in [4.69, 9.17) is 4.74 Å². The van der Waals surface area contributed by atoms with Crippen molar-refractivity contribution < 1.29 is 9.53 Å². The van der Waals surface area contributed by atoms with Crippen molar-refractivity contribution in [2.75, 3.05) is 31.4 Å². The number of methoxy groups -OCH3 is 1. The molecule has 6 heteroatoms. The maximum absolute atomic E-state index is 12.5. The van der Waals surface area contributed by atoms with E-state index in [1.807, 2.05) is 74.4 Å². The number of hydrogen-bond donors (Lipinski definition) is 1. The summed E-state index contributed by atoms with van der Waals surface area (Å²) in [7, 11) is 5.58. The summed E-state index contributed by atoms with van der Waals surface area (Å²) in [6.07, 6.45) is 0. The highest BCUT2D eigenvalue weighted by molar-refractivity contribution is 6.03. The predicted molar refractivity (Wildman–Crippen MR) is 104 cm³/mol. The Morgan fingerprint density at radius 1 is 1.08 bits per heavy atom. The lowest BCUT2D eigenvalue weighted by Gasteiger charge is -2.12. The quantitative estimate of drug-likeness (QED) is 0.765. The van der Waals surface area contributed by atoms with Crippen molar-refractivity contribution in [1.29, 1.82) is 0 Å². The first-order valence-electron chi connectivity index (χ1n) is 8.28. The van der Waals surface area contributed by atoms with Crippen molar-refractivity contribution in [2.24, 2.45) is 0 Å². The number of aryl methyl sites for hydroxylation is 1. The van der Waals surface area contributed by atoms with Crippen LogP contribution in [0.1, 0.15) is 16.2 Å². The van der Waals surface area contributed by atoms with E-state index in [0.29, 0.717) is 5.69 Å². The molecule has 1 heterocycles. The van der Waals surface area contributed by atoms with Crippen LogP contribution in [0.2, 0.25) is 0 Å². The Kier molecular flexibility index (Phi) is 4.93. The molecule has 0 bridgehead atoms. The fraction of sp³-hybridized carbons (Fsp3) is 0.200. The third kappa shape index (κ3) is 3.69. The van der Waals surface area contributed by atoms with Crippen LogP contribution in [-0.4, -0.2) is 36.9 Å². The van der Waals surface area contributed by atoms with Crippen LogP contribution in [0, 0.1) is 6.92 Å². The number of nitrogens with one attached hydrogen (secondary N) is 1. The molecule has 1 N–H and O–H groups in total. The predicted octanol–water partition coefficient (Wildman–Crippen LogP) is 3.51. The average Bonchev–Trinajstić information content (AvgIpc) is 3.04. The molecule has 0 spiro atoms. The molecular formula is C20H22N4O2. The molecule has 0 fully saturated rings. The van der Waals surface area contributed by atoms with Gasteiger partial charge in [0, 0.05) is 31.2 Å². The minimum Gasteiger partial charge on any atom is -0.497 e. The van der Waals surface area contributed by atoms with Gasteiger partial charge in [0.15, 0.2) is 5.69 Å². The summed E-state index contributed by atoms with van der Waals surface area (Å²) in [5.41, 5.74) is 3.93. The largest absolute Gasteiger partial charge is 0.497 e. The summed E-state index contributed by atoms with van der Waals surface area (Å²) in [5, 5.41) is 7.31. The average molecular weight is 350 g/mol. The van der Waals surface area contributed by atoms with Crippen LogP contribution in [0.15, 0.2) is 54.6 Å². The number of aromatic nitrogens is 2. The van der Waals surface area contributed by atoms with Gasteiger partial charge < -0.3 is 15.0 Å². The Bertz CT molecular complexity index is 897. The van der Waals surface area contributed by atoms with Crippen molar-refractivity contribution in [3.63, 3.8) is 0 Å². The summed E-state index contributed by atoms with van der Waals surface area (Å²) < 4.78 is 6.91. The van der Waals surface area contributed by atoms with E-state index in [2.05, 4.69) is 10.4 Å². The molecule has 0 aliphatic heterocycles.